The summed E-state index contributed by atoms with van der Waals surface area (Å²) >= 11 is 0. The van der Waals surface area contributed by atoms with Gasteiger partial charge < -0.3 is 19.1 Å². The molecule has 0 aromatic heterocycles. The van der Waals surface area contributed by atoms with Gasteiger partial charge in [-0.15, -0.1) is 0 Å². The molecule has 0 aliphatic heterocycles. The van der Waals surface area contributed by atoms with Crippen molar-refractivity contribution < 1.29 is 23.8 Å². The molecule has 6 heteroatoms. The van der Waals surface area contributed by atoms with Gasteiger partial charge in [-0.25, -0.2) is 0 Å². The average molecular weight is 365 g/mol. The Hall–Kier alpha value is -2.24. The fraction of sp³-hybridized carbons (Fsp3) is 0.600. The standard InChI is InChI=1S/C20H31NO5/c1-5-16(3)21(14-13-20(23)25-6-2)19(22)8-7-15-26-18-11-9-17(24-4)10-12-18/h9-12,16H,5-8,13-15H2,1-4H3. The minimum absolute atomic E-state index is 0.0435. The molecule has 0 aliphatic carbocycles. The molecule has 1 rings (SSSR count). The quantitative estimate of drug-likeness (QED) is 0.419. The van der Waals surface area contributed by atoms with Crippen molar-refractivity contribution >= 4 is 11.9 Å². The summed E-state index contributed by atoms with van der Waals surface area (Å²) in [5, 5.41) is 0. The smallest absolute Gasteiger partial charge is 0.307 e. The highest BCUT2D eigenvalue weighted by Crippen LogP contribution is 2.17. The van der Waals surface area contributed by atoms with Crippen LogP contribution in [0.2, 0.25) is 0 Å². The van der Waals surface area contributed by atoms with E-state index in [-0.39, 0.29) is 24.3 Å². The van der Waals surface area contributed by atoms with E-state index in [1.54, 1.807) is 18.9 Å². The fourth-order valence-electron chi connectivity index (χ4n) is 2.49. The molecule has 1 aromatic carbocycles. The second-order valence-electron chi connectivity index (χ2n) is 6.03. The number of benzene rings is 1. The van der Waals surface area contributed by atoms with E-state index in [4.69, 9.17) is 14.2 Å². The first-order valence-corrected chi connectivity index (χ1v) is 9.23. The number of amides is 1. The lowest BCUT2D eigenvalue weighted by Crippen LogP contribution is -2.40. The first kappa shape index (κ1) is 21.8. The van der Waals surface area contributed by atoms with Crippen molar-refractivity contribution in [2.24, 2.45) is 0 Å². The largest absolute Gasteiger partial charge is 0.497 e. The highest BCUT2D eigenvalue weighted by atomic mass is 16.5. The van der Waals surface area contributed by atoms with Crippen molar-refractivity contribution in [2.75, 3.05) is 26.9 Å². The Labute approximate surface area is 156 Å². The molecule has 0 bridgehead atoms. The molecule has 0 aliphatic rings. The molecular weight excluding hydrogens is 334 g/mol. The number of rotatable bonds is 12. The van der Waals surface area contributed by atoms with Crippen LogP contribution in [0.25, 0.3) is 0 Å². The Bertz CT molecular complexity index is 544. The second-order valence-corrected chi connectivity index (χ2v) is 6.03. The van der Waals surface area contributed by atoms with Crippen molar-refractivity contribution in [2.45, 2.75) is 52.5 Å². The summed E-state index contributed by atoms with van der Waals surface area (Å²) in [5.74, 6) is 1.30. The van der Waals surface area contributed by atoms with E-state index in [0.29, 0.717) is 32.6 Å². The number of carbonyl (C=O) groups is 2. The number of carbonyl (C=O) groups excluding carboxylic acids is 2. The number of esters is 1. The zero-order chi connectivity index (χ0) is 19.4. The third kappa shape index (κ3) is 7.76. The Morgan fingerprint density at radius 3 is 2.31 bits per heavy atom. The molecule has 0 saturated carbocycles. The topological polar surface area (TPSA) is 65.1 Å². The zero-order valence-electron chi connectivity index (χ0n) is 16.3. The molecule has 0 heterocycles. The summed E-state index contributed by atoms with van der Waals surface area (Å²) in [4.78, 5) is 25.8. The summed E-state index contributed by atoms with van der Waals surface area (Å²) in [6.07, 6.45) is 2.09. The zero-order valence-corrected chi connectivity index (χ0v) is 16.3. The minimum atomic E-state index is -0.267. The maximum absolute atomic E-state index is 12.5. The number of methoxy groups -OCH3 is 1. The van der Waals surface area contributed by atoms with Gasteiger partial charge in [-0.3, -0.25) is 9.59 Å². The van der Waals surface area contributed by atoms with E-state index >= 15 is 0 Å². The molecule has 1 aromatic rings. The lowest BCUT2D eigenvalue weighted by molar-refractivity contribution is -0.144. The van der Waals surface area contributed by atoms with Gasteiger partial charge in [0.2, 0.25) is 5.91 Å². The third-order valence-electron chi connectivity index (χ3n) is 4.17. The van der Waals surface area contributed by atoms with Crippen LogP contribution in [-0.4, -0.2) is 49.7 Å². The summed E-state index contributed by atoms with van der Waals surface area (Å²) in [7, 11) is 1.62. The van der Waals surface area contributed by atoms with E-state index in [0.717, 1.165) is 17.9 Å². The molecule has 26 heavy (non-hydrogen) atoms. The number of ether oxygens (including phenoxy) is 3. The molecule has 0 spiro atoms. The first-order valence-electron chi connectivity index (χ1n) is 9.23. The Morgan fingerprint density at radius 1 is 1.08 bits per heavy atom. The Kier molecular flexibility index (Phi) is 10.2. The van der Waals surface area contributed by atoms with E-state index in [9.17, 15) is 9.59 Å². The molecule has 1 amide bonds. The van der Waals surface area contributed by atoms with Gasteiger partial charge in [0.1, 0.15) is 11.5 Å². The van der Waals surface area contributed by atoms with Gasteiger partial charge in [-0.2, -0.15) is 0 Å². The van der Waals surface area contributed by atoms with Gasteiger partial charge in [0, 0.05) is 19.0 Å². The molecule has 0 N–H and O–H groups in total. The SMILES string of the molecule is CCOC(=O)CCN(C(=O)CCCOc1ccc(OC)cc1)C(C)CC. The van der Waals surface area contributed by atoms with Crippen LogP contribution in [0.4, 0.5) is 0 Å². The molecular formula is C20H31NO5. The van der Waals surface area contributed by atoms with Crippen molar-refractivity contribution in [1.29, 1.82) is 0 Å². The van der Waals surface area contributed by atoms with Gasteiger partial charge >= 0.3 is 5.97 Å². The molecule has 1 atom stereocenters. The number of nitrogens with zero attached hydrogens (tertiary/aromatic N) is 1. The highest BCUT2D eigenvalue weighted by molar-refractivity contribution is 5.77. The van der Waals surface area contributed by atoms with Crippen LogP contribution in [0, 0.1) is 0 Å². The predicted molar refractivity (Wildman–Crippen MR) is 100 cm³/mol. The summed E-state index contributed by atoms with van der Waals surface area (Å²) < 4.78 is 15.7. The highest BCUT2D eigenvalue weighted by Gasteiger charge is 2.19. The van der Waals surface area contributed by atoms with Crippen LogP contribution in [0.5, 0.6) is 11.5 Å². The maximum atomic E-state index is 12.5. The molecule has 146 valence electrons. The van der Waals surface area contributed by atoms with Crippen LogP contribution in [0.15, 0.2) is 24.3 Å². The van der Waals surface area contributed by atoms with Crippen molar-refractivity contribution in [1.82, 2.24) is 4.90 Å². The lowest BCUT2D eigenvalue weighted by atomic mass is 10.1. The lowest BCUT2D eigenvalue weighted by Gasteiger charge is -2.28. The van der Waals surface area contributed by atoms with Gasteiger partial charge in [-0.05, 0) is 51.0 Å². The van der Waals surface area contributed by atoms with E-state index in [1.165, 1.54) is 0 Å². The first-order chi connectivity index (χ1) is 12.5. The van der Waals surface area contributed by atoms with Crippen molar-refractivity contribution in [3.8, 4) is 11.5 Å². The molecule has 0 fully saturated rings. The third-order valence-corrected chi connectivity index (χ3v) is 4.17. The predicted octanol–water partition coefficient (Wildman–Crippen LogP) is 3.43. The van der Waals surface area contributed by atoms with Crippen molar-refractivity contribution in [3.05, 3.63) is 24.3 Å². The van der Waals surface area contributed by atoms with Gasteiger partial charge in [0.15, 0.2) is 0 Å². The van der Waals surface area contributed by atoms with Gasteiger partial charge in [0.25, 0.3) is 0 Å². The van der Waals surface area contributed by atoms with Gasteiger partial charge in [0.05, 0.1) is 26.7 Å². The van der Waals surface area contributed by atoms with Gasteiger partial charge in [-0.1, -0.05) is 6.92 Å². The van der Waals surface area contributed by atoms with E-state index < -0.39 is 0 Å². The fourth-order valence-corrected chi connectivity index (χ4v) is 2.49. The normalized spacial score (nSPS) is 11.5. The Morgan fingerprint density at radius 2 is 1.73 bits per heavy atom. The average Bonchev–Trinajstić information content (AvgIpc) is 2.65. The van der Waals surface area contributed by atoms with E-state index in [1.807, 2.05) is 38.1 Å². The Balaban J connectivity index is 2.40. The number of hydrogen-bond donors (Lipinski definition) is 0. The summed E-state index contributed by atoms with van der Waals surface area (Å²) in [6.45, 7) is 7.02. The second kappa shape index (κ2) is 12.2. The maximum Gasteiger partial charge on any atom is 0.307 e. The minimum Gasteiger partial charge on any atom is -0.497 e. The monoisotopic (exact) mass is 365 g/mol. The molecule has 1 unspecified atom stereocenters. The molecule has 6 nitrogen and oxygen atoms in total. The van der Waals surface area contributed by atoms with Crippen molar-refractivity contribution in [3.63, 3.8) is 0 Å². The molecule has 0 saturated heterocycles. The van der Waals surface area contributed by atoms with Crippen LogP contribution in [0.1, 0.15) is 46.5 Å². The summed E-state index contributed by atoms with van der Waals surface area (Å²) in [5.41, 5.74) is 0. The summed E-state index contributed by atoms with van der Waals surface area (Å²) in [6, 6.07) is 7.44. The van der Waals surface area contributed by atoms with E-state index in [2.05, 4.69) is 0 Å². The number of hydrogen-bond acceptors (Lipinski definition) is 5. The van der Waals surface area contributed by atoms with Crippen LogP contribution >= 0.6 is 0 Å². The van der Waals surface area contributed by atoms with Crippen LogP contribution in [-0.2, 0) is 14.3 Å². The van der Waals surface area contributed by atoms with Crippen LogP contribution < -0.4 is 9.47 Å². The van der Waals surface area contributed by atoms with Crippen LogP contribution in [0.3, 0.4) is 0 Å². The molecule has 0 radical (unpaired) electrons.